The number of aryl methyl sites for hydroxylation is 2. The number of phenols is 2. The fraction of sp³-hybridized carbons (Fsp3) is 0.222. The predicted octanol–water partition coefficient (Wildman–Crippen LogP) is 3.78. The van der Waals surface area contributed by atoms with Gasteiger partial charge in [-0.25, -0.2) is 4.39 Å². The molecule has 0 heterocycles. The van der Waals surface area contributed by atoms with Crippen LogP contribution in [0.25, 0.3) is 0 Å². The van der Waals surface area contributed by atoms with Crippen molar-refractivity contribution in [2.75, 3.05) is 0 Å². The summed E-state index contributed by atoms with van der Waals surface area (Å²) in [4.78, 5) is 0. The molecule has 0 fully saturated rings. The Bertz CT molecular complexity index is 625. The molecular formula is C18H20FNO2. The summed E-state index contributed by atoms with van der Waals surface area (Å²) >= 11 is 0. The molecule has 0 bridgehead atoms. The van der Waals surface area contributed by atoms with Gasteiger partial charge >= 0.3 is 0 Å². The number of benzene rings is 2. The van der Waals surface area contributed by atoms with E-state index in [1.807, 2.05) is 6.07 Å². The van der Waals surface area contributed by atoms with Gasteiger partial charge in [-0.05, 0) is 54.7 Å². The molecule has 0 saturated heterocycles. The maximum absolute atomic E-state index is 13.2. The Morgan fingerprint density at radius 3 is 2.50 bits per heavy atom. The monoisotopic (exact) mass is 301 g/mol. The van der Waals surface area contributed by atoms with Crippen LogP contribution in [0.4, 0.5) is 4.39 Å². The van der Waals surface area contributed by atoms with Crippen molar-refractivity contribution in [2.24, 2.45) is 0 Å². The number of rotatable bonds is 6. The summed E-state index contributed by atoms with van der Waals surface area (Å²) in [6.07, 6.45) is 1.42. The molecule has 0 amide bonds. The molecule has 0 aliphatic carbocycles. The van der Waals surface area contributed by atoms with E-state index in [2.05, 4.69) is 11.9 Å². The molecule has 0 aliphatic heterocycles. The minimum atomic E-state index is -0.199. The third-order valence-corrected chi connectivity index (χ3v) is 3.52. The second-order valence-electron chi connectivity index (χ2n) is 5.36. The lowest BCUT2D eigenvalue weighted by Gasteiger charge is -2.11. The van der Waals surface area contributed by atoms with Crippen molar-refractivity contribution >= 4 is 0 Å². The Morgan fingerprint density at radius 2 is 1.82 bits per heavy atom. The van der Waals surface area contributed by atoms with Crippen LogP contribution in [-0.4, -0.2) is 10.2 Å². The molecule has 22 heavy (non-hydrogen) atoms. The van der Waals surface area contributed by atoms with Gasteiger partial charge in [-0.2, -0.15) is 0 Å². The van der Waals surface area contributed by atoms with Crippen LogP contribution in [-0.2, 0) is 13.0 Å². The molecule has 2 rings (SSSR count). The smallest absolute Gasteiger partial charge is 0.157 e. The normalized spacial score (nSPS) is 10.5. The van der Waals surface area contributed by atoms with Crippen molar-refractivity contribution in [2.45, 2.75) is 26.3 Å². The van der Waals surface area contributed by atoms with E-state index >= 15 is 0 Å². The Morgan fingerprint density at radius 1 is 1.09 bits per heavy atom. The largest absolute Gasteiger partial charge is 0.504 e. The molecule has 0 radical (unpaired) electrons. The zero-order valence-corrected chi connectivity index (χ0v) is 12.6. The molecular weight excluding hydrogens is 281 g/mol. The lowest BCUT2D eigenvalue weighted by Crippen LogP contribution is -2.12. The summed E-state index contributed by atoms with van der Waals surface area (Å²) in [5.41, 5.74) is 3.43. The van der Waals surface area contributed by atoms with Gasteiger partial charge in [0, 0.05) is 12.2 Å². The Hall–Kier alpha value is -2.49. The van der Waals surface area contributed by atoms with E-state index in [9.17, 15) is 14.6 Å². The van der Waals surface area contributed by atoms with Gasteiger partial charge < -0.3 is 15.5 Å². The van der Waals surface area contributed by atoms with Gasteiger partial charge in [-0.3, -0.25) is 0 Å². The van der Waals surface area contributed by atoms with Gasteiger partial charge in [0.25, 0.3) is 0 Å². The summed E-state index contributed by atoms with van der Waals surface area (Å²) in [7, 11) is 0. The quantitative estimate of drug-likeness (QED) is 0.712. The summed E-state index contributed by atoms with van der Waals surface area (Å²) < 4.78 is 13.2. The van der Waals surface area contributed by atoms with Crippen molar-refractivity contribution in [3.05, 3.63) is 71.2 Å². The number of allylic oxidation sites excluding steroid dienone is 1. The first-order valence-corrected chi connectivity index (χ1v) is 7.13. The highest BCUT2D eigenvalue weighted by Gasteiger charge is 2.03. The first kappa shape index (κ1) is 15.9. The SMILES string of the molecule is C=C(CCc1ccc(O)c(O)c1)NCc1ccc(F)c(C)c1. The van der Waals surface area contributed by atoms with Crippen LogP contribution in [0.15, 0.2) is 48.7 Å². The highest BCUT2D eigenvalue weighted by molar-refractivity contribution is 5.40. The maximum atomic E-state index is 13.2. The van der Waals surface area contributed by atoms with Crippen molar-refractivity contribution in [3.63, 3.8) is 0 Å². The van der Waals surface area contributed by atoms with Gasteiger partial charge in [0.1, 0.15) is 5.82 Å². The number of nitrogens with one attached hydrogen (secondary N) is 1. The van der Waals surface area contributed by atoms with E-state index in [1.165, 1.54) is 12.1 Å². The maximum Gasteiger partial charge on any atom is 0.157 e. The van der Waals surface area contributed by atoms with Crippen molar-refractivity contribution < 1.29 is 14.6 Å². The fourth-order valence-corrected chi connectivity index (χ4v) is 2.15. The van der Waals surface area contributed by atoms with Gasteiger partial charge in [0.2, 0.25) is 0 Å². The van der Waals surface area contributed by atoms with Gasteiger partial charge in [0.15, 0.2) is 11.5 Å². The molecule has 0 aliphatic rings. The lowest BCUT2D eigenvalue weighted by molar-refractivity contribution is 0.403. The van der Waals surface area contributed by atoms with Gasteiger partial charge in [-0.15, -0.1) is 0 Å². The van der Waals surface area contributed by atoms with E-state index in [0.717, 1.165) is 16.8 Å². The molecule has 0 spiro atoms. The van der Waals surface area contributed by atoms with E-state index in [1.54, 1.807) is 25.1 Å². The highest BCUT2D eigenvalue weighted by atomic mass is 19.1. The molecule has 2 aromatic carbocycles. The molecule has 0 saturated carbocycles. The first-order valence-electron chi connectivity index (χ1n) is 7.13. The van der Waals surface area contributed by atoms with E-state index in [0.29, 0.717) is 24.9 Å². The Labute approximate surface area is 129 Å². The first-order chi connectivity index (χ1) is 10.5. The topological polar surface area (TPSA) is 52.5 Å². The van der Waals surface area contributed by atoms with Crippen LogP contribution in [0, 0.1) is 12.7 Å². The third-order valence-electron chi connectivity index (χ3n) is 3.52. The van der Waals surface area contributed by atoms with E-state index in [-0.39, 0.29) is 17.3 Å². The summed E-state index contributed by atoms with van der Waals surface area (Å²) in [5.74, 6) is -0.431. The highest BCUT2D eigenvalue weighted by Crippen LogP contribution is 2.25. The van der Waals surface area contributed by atoms with Crippen LogP contribution >= 0.6 is 0 Å². The van der Waals surface area contributed by atoms with Crippen LogP contribution < -0.4 is 5.32 Å². The molecule has 3 N–H and O–H groups in total. The second-order valence-corrected chi connectivity index (χ2v) is 5.36. The van der Waals surface area contributed by atoms with Crippen LogP contribution in [0.1, 0.15) is 23.1 Å². The van der Waals surface area contributed by atoms with E-state index in [4.69, 9.17) is 0 Å². The minimum Gasteiger partial charge on any atom is -0.504 e. The van der Waals surface area contributed by atoms with Crippen LogP contribution in [0.3, 0.4) is 0 Å². The molecule has 0 unspecified atom stereocenters. The van der Waals surface area contributed by atoms with Crippen molar-refractivity contribution in [3.8, 4) is 11.5 Å². The average molecular weight is 301 g/mol. The molecule has 0 atom stereocenters. The number of halogens is 1. The molecule has 4 heteroatoms. The average Bonchev–Trinajstić information content (AvgIpc) is 2.49. The molecule has 116 valence electrons. The summed E-state index contributed by atoms with van der Waals surface area (Å²) in [5, 5.41) is 21.9. The zero-order valence-electron chi connectivity index (χ0n) is 12.6. The Balaban J connectivity index is 1.82. The zero-order chi connectivity index (χ0) is 16.1. The summed E-state index contributed by atoms with van der Waals surface area (Å²) in [6.45, 7) is 6.31. The third kappa shape index (κ3) is 4.25. The number of hydrogen-bond donors (Lipinski definition) is 3. The van der Waals surface area contributed by atoms with Crippen molar-refractivity contribution in [1.29, 1.82) is 0 Å². The second kappa shape index (κ2) is 6.98. The van der Waals surface area contributed by atoms with Crippen LogP contribution in [0.2, 0.25) is 0 Å². The van der Waals surface area contributed by atoms with Gasteiger partial charge in [0.05, 0.1) is 0 Å². The summed E-state index contributed by atoms with van der Waals surface area (Å²) in [6, 6.07) is 9.82. The number of aromatic hydroxyl groups is 2. The number of hydrogen-bond acceptors (Lipinski definition) is 3. The fourth-order valence-electron chi connectivity index (χ4n) is 2.15. The van der Waals surface area contributed by atoms with Crippen LogP contribution in [0.5, 0.6) is 11.5 Å². The van der Waals surface area contributed by atoms with Gasteiger partial charge in [-0.1, -0.05) is 24.8 Å². The molecule has 3 nitrogen and oxygen atoms in total. The van der Waals surface area contributed by atoms with Crippen molar-refractivity contribution in [1.82, 2.24) is 5.32 Å². The standard InChI is InChI=1S/C18H20FNO2/c1-12-9-15(5-7-16(12)19)11-20-13(2)3-4-14-6-8-17(21)18(22)10-14/h5-10,20-22H,2-4,11H2,1H3. The van der Waals surface area contributed by atoms with E-state index < -0.39 is 0 Å². The minimum absolute atomic E-state index is 0.113. The lowest BCUT2D eigenvalue weighted by atomic mass is 10.1. The predicted molar refractivity (Wildman–Crippen MR) is 85.2 cm³/mol. The Kier molecular flexibility index (Phi) is 5.04. The molecule has 0 aromatic heterocycles. The number of phenolic OH excluding ortho intramolecular Hbond substituents is 2. The molecule has 2 aromatic rings.